The van der Waals surface area contributed by atoms with Gasteiger partial charge in [-0.05, 0) is 17.7 Å². The molecule has 15 heavy (non-hydrogen) atoms. The van der Waals surface area contributed by atoms with Crippen LogP contribution in [0.3, 0.4) is 0 Å². The summed E-state index contributed by atoms with van der Waals surface area (Å²) in [5, 5.41) is 2.54. The molecule has 0 saturated heterocycles. The highest BCUT2D eigenvalue weighted by molar-refractivity contribution is 6.44. The predicted molar refractivity (Wildman–Crippen MR) is 63.7 cm³/mol. The molecule has 0 fully saturated rings. The Morgan fingerprint density at radius 1 is 1.33 bits per heavy atom. The van der Waals surface area contributed by atoms with E-state index in [1.54, 1.807) is 38.4 Å². The molecule has 5 heteroatoms. The van der Waals surface area contributed by atoms with Crippen molar-refractivity contribution in [1.82, 2.24) is 5.32 Å². The summed E-state index contributed by atoms with van der Waals surface area (Å²) in [6, 6.07) is 7.00. The second-order valence-corrected chi connectivity index (χ2v) is 4.10. The summed E-state index contributed by atoms with van der Waals surface area (Å²) in [5.41, 5.74) is 1.60. The quantitative estimate of drug-likeness (QED) is 0.800. The molecule has 3 nitrogen and oxygen atoms in total. The molecule has 1 aromatic rings. The molecule has 0 radical (unpaired) electrons. The lowest BCUT2D eigenvalue weighted by molar-refractivity contribution is 0.249. The van der Waals surface area contributed by atoms with Gasteiger partial charge < -0.3 is 5.32 Å². The van der Waals surface area contributed by atoms with Crippen molar-refractivity contribution >= 4 is 34.9 Å². The van der Waals surface area contributed by atoms with Gasteiger partial charge in [0.05, 0.1) is 0 Å². The van der Waals surface area contributed by atoms with Crippen LogP contribution in [0.5, 0.6) is 0 Å². The van der Waals surface area contributed by atoms with E-state index in [4.69, 9.17) is 23.2 Å². The third-order valence-corrected chi connectivity index (χ3v) is 2.55. The van der Waals surface area contributed by atoms with E-state index in [9.17, 15) is 4.79 Å². The highest BCUT2D eigenvalue weighted by atomic mass is 35.5. The molecule has 1 aromatic carbocycles. The van der Waals surface area contributed by atoms with E-state index in [2.05, 4.69) is 5.32 Å². The van der Waals surface area contributed by atoms with Gasteiger partial charge in [-0.1, -0.05) is 12.1 Å². The first-order valence-corrected chi connectivity index (χ1v) is 5.27. The molecular formula is C10H12Cl2N2O. The molecule has 2 amide bonds. The molecular weight excluding hydrogens is 235 g/mol. The van der Waals surface area contributed by atoms with Crippen molar-refractivity contribution in [2.75, 3.05) is 19.0 Å². The number of benzene rings is 1. The van der Waals surface area contributed by atoms with Crippen molar-refractivity contribution in [1.29, 1.82) is 0 Å². The van der Waals surface area contributed by atoms with Crippen LogP contribution in [-0.2, 0) is 0 Å². The zero-order valence-corrected chi connectivity index (χ0v) is 10.0. The smallest absolute Gasteiger partial charge is 0.321 e. The number of carbonyl (C=O) groups is 1. The molecule has 0 heterocycles. The Labute approximate surface area is 99.0 Å². The van der Waals surface area contributed by atoms with Gasteiger partial charge in [0, 0.05) is 19.8 Å². The zero-order chi connectivity index (χ0) is 11.4. The zero-order valence-electron chi connectivity index (χ0n) is 8.50. The molecule has 1 rings (SSSR count). The van der Waals surface area contributed by atoms with Crippen LogP contribution in [0.4, 0.5) is 10.5 Å². The van der Waals surface area contributed by atoms with Crippen LogP contribution < -0.4 is 10.2 Å². The van der Waals surface area contributed by atoms with Gasteiger partial charge in [0.25, 0.3) is 0 Å². The fraction of sp³-hybridized carbons (Fsp3) is 0.300. The van der Waals surface area contributed by atoms with E-state index in [1.165, 1.54) is 4.90 Å². The Morgan fingerprint density at radius 2 is 1.87 bits per heavy atom. The second kappa shape index (κ2) is 5.24. The Balaban J connectivity index is 2.84. The van der Waals surface area contributed by atoms with Crippen LogP contribution in [0.25, 0.3) is 0 Å². The maximum Gasteiger partial charge on any atom is 0.321 e. The summed E-state index contributed by atoms with van der Waals surface area (Å²) in [6.07, 6.45) is 0. The minimum Gasteiger partial charge on any atom is -0.341 e. The minimum atomic E-state index is -0.538. The number of alkyl halides is 2. The third-order valence-electron chi connectivity index (χ3n) is 2.05. The highest BCUT2D eigenvalue weighted by Gasteiger charge is 2.09. The Morgan fingerprint density at radius 3 is 2.27 bits per heavy atom. The molecule has 0 unspecified atom stereocenters. The third kappa shape index (κ3) is 3.01. The van der Waals surface area contributed by atoms with Gasteiger partial charge in [0.2, 0.25) is 0 Å². The molecule has 82 valence electrons. The Kier molecular flexibility index (Phi) is 4.24. The SMILES string of the molecule is CNC(=O)N(C)c1ccc(C(Cl)Cl)cc1. The van der Waals surface area contributed by atoms with E-state index in [0.717, 1.165) is 11.3 Å². The fourth-order valence-electron chi connectivity index (χ4n) is 1.13. The van der Waals surface area contributed by atoms with Crippen LogP contribution >= 0.6 is 23.2 Å². The normalized spacial score (nSPS) is 10.2. The van der Waals surface area contributed by atoms with Crippen molar-refractivity contribution < 1.29 is 4.79 Å². The Bertz CT molecular complexity index is 338. The van der Waals surface area contributed by atoms with Gasteiger partial charge in [0.1, 0.15) is 4.84 Å². The maximum atomic E-state index is 11.3. The van der Waals surface area contributed by atoms with Crippen molar-refractivity contribution in [3.8, 4) is 0 Å². The van der Waals surface area contributed by atoms with Crippen LogP contribution in [0.15, 0.2) is 24.3 Å². The number of nitrogens with one attached hydrogen (secondary N) is 1. The number of hydrogen-bond donors (Lipinski definition) is 1. The van der Waals surface area contributed by atoms with Crippen LogP contribution in [0.2, 0.25) is 0 Å². The summed E-state index contributed by atoms with van der Waals surface area (Å²) in [7, 11) is 3.27. The van der Waals surface area contributed by atoms with Gasteiger partial charge in [-0.3, -0.25) is 4.90 Å². The summed E-state index contributed by atoms with van der Waals surface area (Å²) in [6.45, 7) is 0. The number of carbonyl (C=O) groups excluding carboxylic acids is 1. The number of hydrogen-bond acceptors (Lipinski definition) is 1. The molecule has 0 bridgehead atoms. The van der Waals surface area contributed by atoms with Gasteiger partial charge in [-0.25, -0.2) is 4.79 Å². The monoisotopic (exact) mass is 246 g/mol. The lowest BCUT2D eigenvalue weighted by Crippen LogP contribution is -2.34. The van der Waals surface area contributed by atoms with Gasteiger partial charge in [-0.15, -0.1) is 23.2 Å². The first-order valence-electron chi connectivity index (χ1n) is 4.40. The fourth-order valence-corrected chi connectivity index (χ4v) is 1.42. The van der Waals surface area contributed by atoms with E-state index in [0.29, 0.717) is 0 Å². The first-order chi connectivity index (χ1) is 7.06. The number of rotatable bonds is 2. The van der Waals surface area contributed by atoms with E-state index < -0.39 is 4.84 Å². The Hall–Kier alpha value is -0.930. The number of anilines is 1. The molecule has 0 saturated carbocycles. The van der Waals surface area contributed by atoms with Gasteiger partial charge >= 0.3 is 6.03 Å². The molecule has 0 spiro atoms. The van der Waals surface area contributed by atoms with Gasteiger partial charge in [0.15, 0.2) is 0 Å². The highest BCUT2D eigenvalue weighted by Crippen LogP contribution is 2.26. The molecule has 0 aliphatic rings. The number of halogens is 2. The average molecular weight is 247 g/mol. The largest absolute Gasteiger partial charge is 0.341 e. The van der Waals surface area contributed by atoms with E-state index in [-0.39, 0.29) is 6.03 Å². The summed E-state index contributed by atoms with van der Waals surface area (Å²) in [5.74, 6) is 0. The van der Waals surface area contributed by atoms with Crippen molar-refractivity contribution in [2.24, 2.45) is 0 Å². The molecule has 0 aromatic heterocycles. The van der Waals surface area contributed by atoms with Crippen molar-refractivity contribution in [3.63, 3.8) is 0 Å². The average Bonchev–Trinajstić information content (AvgIpc) is 2.27. The van der Waals surface area contributed by atoms with Crippen LogP contribution in [-0.4, -0.2) is 20.1 Å². The van der Waals surface area contributed by atoms with Crippen molar-refractivity contribution in [3.05, 3.63) is 29.8 Å². The van der Waals surface area contributed by atoms with E-state index in [1.807, 2.05) is 0 Å². The second-order valence-electron chi connectivity index (χ2n) is 3.01. The summed E-state index contributed by atoms with van der Waals surface area (Å²) >= 11 is 11.4. The lowest BCUT2D eigenvalue weighted by Gasteiger charge is -2.16. The lowest BCUT2D eigenvalue weighted by atomic mass is 10.2. The van der Waals surface area contributed by atoms with Gasteiger partial charge in [-0.2, -0.15) is 0 Å². The number of nitrogens with zero attached hydrogens (tertiary/aromatic N) is 1. The molecule has 0 atom stereocenters. The number of urea groups is 1. The molecule has 0 aliphatic heterocycles. The topological polar surface area (TPSA) is 32.3 Å². The molecule has 1 N–H and O–H groups in total. The van der Waals surface area contributed by atoms with Crippen LogP contribution in [0.1, 0.15) is 10.4 Å². The minimum absolute atomic E-state index is 0.170. The molecule has 0 aliphatic carbocycles. The van der Waals surface area contributed by atoms with Crippen LogP contribution in [0, 0.1) is 0 Å². The predicted octanol–water partition coefficient (Wildman–Crippen LogP) is 2.94. The summed E-state index contributed by atoms with van der Waals surface area (Å²) in [4.78, 5) is 12.3. The number of amides is 2. The first kappa shape index (κ1) is 12.1. The van der Waals surface area contributed by atoms with E-state index >= 15 is 0 Å². The van der Waals surface area contributed by atoms with Crippen molar-refractivity contribution in [2.45, 2.75) is 4.84 Å². The maximum absolute atomic E-state index is 11.3. The standard InChI is InChI=1S/C10H12Cl2N2O/c1-13-10(15)14(2)8-5-3-7(4-6-8)9(11)12/h3-6,9H,1-2H3,(H,13,15). The summed E-state index contributed by atoms with van der Waals surface area (Å²) < 4.78 is 0.